The second-order valence-corrected chi connectivity index (χ2v) is 6.65. The molecule has 0 saturated carbocycles. The standard InChI is InChI=1S/C20H20N2O3/c1-13-5-3-7-15(9-13)11-20(12-16-8-4-6-14(2)10-16)17(23)21-19(25)22-18(20)24/h3-10H,11-12H2,1-2H3,(H2,21,22,23,24,25). The van der Waals surface area contributed by atoms with Crippen LogP contribution in [-0.2, 0) is 22.4 Å². The van der Waals surface area contributed by atoms with Crippen molar-refractivity contribution in [1.82, 2.24) is 10.6 Å². The lowest BCUT2D eigenvalue weighted by Crippen LogP contribution is -2.64. The highest BCUT2D eigenvalue weighted by Gasteiger charge is 2.50. The van der Waals surface area contributed by atoms with Crippen molar-refractivity contribution in [3.63, 3.8) is 0 Å². The van der Waals surface area contributed by atoms with Gasteiger partial charge in [-0.3, -0.25) is 20.2 Å². The number of amides is 4. The topological polar surface area (TPSA) is 75.3 Å². The van der Waals surface area contributed by atoms with E-state index in [4.69, 9.17) is 0 Å². The van der Waals surface area contributed by atoms with Gasteiger partial charge >= 0.3 is 6.03 Å². The summed E-state index contributed by atoms with van der Waals surface area (Å²) >= 11 is 0. The maximum atomic E-state index is 12.7. The van der Waals surface area contributed by atoms with Crippen molar-refractivity contribution in [3.05, 3.63) is 70.8 Å². The zero-order valence-corrected chi connectivity index (χ0v) is 14.3. The molecule has 5 heteroatoms. The maximum Gasteiger partial charge on any atom is 0.328 e. The normalized spacial score (nSPS) is 16.3. The lowest BCUT2D eigenvalue weighted by molar-refractivity contribution is -0.144. The second-order valence-electron chi connectivity index (χ2n) is 6.65. The van der Waals surface area contributed by atoms with Crippen molar-refractivity contribution in [3.8, 4) is 0 Å². The second kappa shape index (κ2) is 6.51. The predicted molar refractivity (Wildman–Crippen MR) is 93.9 cm³/mol. The van der Waals surface area contributed by atoms with Crippen LogP contribution in [0.5, 0.6) is 0 Å². The van der Waals surface area contributed by atoms with Crippen molar-refractivity contribution in [1.29, 1.82) is 0 Å². The van der Waals surface area contributed by atoms with Gasteiger partial charge in [0, 0.05) is 0 Å². The van der Waals surface area contributed by atoms with Gasteiger partial charge in [-0.25, -0.2) is 4.79 Å². The van der Waals surface area contributed by atoms with Crippen molar-refractivity contribution >= 4 is 17.8 Å². The minimum atomic E-state index is -1.35. The highest BCUT2D eigenvalue weighted by molar-refractivity contribution is 6.19. The summed E-state index contributed by atoms with van der Waals surface area (Å²) in [5.74, 6) is -1.10. The molecule has 0 aliphatic carbocycles. The molecule has 1 saturated heterocycles. The number of hydrogen-bond donors (Lipinski definition) is 2. The van der Waals surface area contributed by atoms with Gasteiger partial charge in [0.15, 0.2) is 0 Å². The van der Waals surface area contributed by atoms with Gasteiger partial charge in [-0.2, -0.15) is 0 Å². The van der Waals surface area contributed by atoms with E-state index >= 15 is 0 Å². The van der Waals surface area contributed by atoms with Crippen molar-refractivity contribution in [2.45, 2.75) is 26.7 Å². The molecule has 1 heterocycles. The Bertz CT molecular complexity index is 788. The fourth-order valence-electron chi connectivity index (χ4n) is 3.30. The molecule has 0 aromatic heterocycles. The summed E-state index contributed by atoms with van der Waals surface area (Å²) in [4.78, 5) is 37.0. The zero-order chi connectivity index (χ0) is 18.0. The minimum Gasteiger partial charge on any atom is -0.277 e. The summed E-state index contributed by atoms with van der Waals surface area (Å²) in [6, 6.07) is 14.6. The molecule has 0 unspecified atom stereocenters. The summed E-state index contributed by atoms with van der Waals surface area (Å²) in [5, 5.41) is 4.52. The van der Waals surface area contributed by atoms with E-state index in [2.05, 4.69) is 10.6 Å². The summed E-state index contributed by atoms with van der Waals surface area (Å²) < 4.78 is 0. The Hall–Kier alpha value is -2.95. The van der Waals surface area contributed by atoms with Crippen LogP contribution in [0.1, 0.15) is 22.3 Å². The fraction of sp³-hybridized carbons (Fsp3) is 0.250. The van der Waals surface area contributed by atoms with Gasteiger partial charge in [-0.15, -0.1) is 0 Å². The first-order chi connectivity index (χ1) is 11.9. The van der Waals surface area contributed by atoms with Crippen molar-refractivity contribution in [2.24, 2.45) is 5.41 Å². The maximum absolute atomic E-state index is 12.7. The van der Waals surface area contributed by atoms with Crippen LogP contribution >= 0.6 is 0 Å². The monoisotopic (exact) mass is 336 g/mol. The average Bonchev–Trinajstić information content (AvgIpc) is 2.52. The van der Waals surface area contributed by atoms with Gasteiger partial charge in [0.25, 0.3) is 0 Å². The van der Waals surface area contributed by atoms with Crippen LogP contribution < -0.4 is 10.6 Å². The van der Waals surface area contributed by atoms with Crippen molar-refractivity contribution in [2.75, 3.05) is 0 Å². The number of carbonyl (C=O) groups excluding carboxylic acids is 3. The van der Waals surface area contributed by atoms with E-state index in [1.165, 1.54) is 0 Å². The minimum absolute atomic E-state index is 0.230. The Balaban J connectivity index is 2.02. The predicted octanol–water partition coefficient (Wildman–Crippen LogP) is 2.44. The third-order valence-corrected chi connectivity index (χ3v) is 4.50. The molecule has 0 atom stereocenters. The average molecular weight is 336 g/mol. The Morgan fingerprint density at radius 2 is 1.20 bits per heavy atom. The molecule has 1 fully saturated rings. The van der Waals surface area contributed by atoms with E-state index < -0.39 is 23.3 Å². The molecule has 5 nitrogen and oxygen atoms in total. The van der Waals surface area contributed by atoms with E-state index in [-0.39, 0.29) is 12.8 Å². The lowest BCUT2D eigenvalue weighted by atomic mass is 9.73. The zero-order valence-electron chi connectivity index (χ0n) is 14.3. The molecule has 0 bridgehead atoms. The number of hydrogen-bond acceptors (Lipinski definition) is 3. The molecule has 1 aliphatic heterocycles. The summed E-state index contributed by atoms with van der Waals surface area (Å²) in [6.07, 6.45) is 0.459. The molecule has 25 heavy (non-hydrogen) atoms. The number of nitrogens with one attached hydrogen (secondary N) is 2. The largest absolute Gasteiger partial charge is 0.328 e. The summed E-state index contributed by atoms with van der Waals surface area (Å²) in [6.45, 7) is 3.92. The van der Waals surface area contributed by atoms with Crippen LogP contribution in [0.2, 0.25) is 0 Å². The highest BCUT2D eigenvalue weighted by atomic mass is 16.2. The molecule has 4 amide bonds. The highest BCUT2D eigenvalue weighted by Crippen LogP contribution is 2.31. The number of rotatable bonds is 4. The van der Waals surface area contributed by atoms with Crippen LogP contribution in [0.4, 0.5) is 4.79 Å². The number of aryl methyl sites for hydroxylation is 2. The number of urea groups is 1. The Kier molecular flexibility index (Phi) is 4.40. The number of benzene rings is 2. The Morgan fingerprint density at radius 1 is 0.760 bits per heavy atom. The molecule has 0 radical (unpaired) electrons. The molecular formula is C20H20N2O3. The molecule has 2 aromatic rings. The third kappa shape index (κ3) is 3.45. The first kappa shape index (κ1) is 16.9. The number of imide groups is 2. The first-order valence-corrected chi connectivity index (χ1v) is 8.17. The first-order valence-electron chi connectivity index (χ1n) is 8.17. The molecular weight excluding hydrogens is 316 g/mol. The van der Waals surface area contributed by atoms with Gasteiger partial charge < -0.3 is 0 Å². The van der Waals surface area contributed by atoms with Gasteiger partial charge in [0.05, 0.1) is 0 Å². The summed E-state index contributed by atoms with van der Waals surface area (Å²) in [7, 11) is 0. The molecule has 128 valence electrons. The Morgan fingerprint density at radius 3 is 1.60 bits per heavy atom. The number of barbiturate groups is 1. The van der Waals surface area contributed by atoms with E-state index in [0.717, 1.165) is 22.3 Å². The van der Waals surface area contributed by atoms with Gasteiger partial charge in [0.2, 0.25) is 11.8 Å². The molecule has 1 aliphatic rings. The molecule has 0 spiro atoms. The quantitative estimate of drug-likeness (QED) is 0.842. The van der Waals surface area contributed by atoms with Crippen LogP contribution in [0.3, 0.4) is 0 Å². The van der Waals surface area contributed by atoms with Crippen LogP contribution in [-0.4, -0.2) is 17.8 Å². The molecule has 2 N–H and O–H groups in total. The lowest BCUT2D eigenvalue weighted by Gasteiger charge is -2.34. The third-order valence-electron chi connectivity index (χ3n) is 4.50. The van der Waals surface area contributed by atoms with E-state index in [9.17, 15) is 14.4 Å². The van der Waals surface area contributed by atoms with E-state index in [1.54, 1.807) is 0 Å². The Labute approximate surface area is 146 Å². The van der Waals surface area contributed by atoms with Crippen molar-refractivity contribution < 1.29 is 14.4 Å². The van der Waals surface area contributed by atoms with Crippen LogP contribution in [0.25, 0.3) is 0 Å². The van der Waals surface area contributed by atoms with E-state index in [0.29, 0.717) is 0 Å². The fourth-order valence-corrected chi connectivity index (χ4v) is 3.30. The smallest absolute Gasteiger partial charge is 0.277 e. The molecule has 2 aromatic carbocycles. The summed E-state index contributed by atoms with van der Waals surface area (Å²) in [5.41, 5.74) is 2.52. The SMILES string of the molecule is Cc1cccc(CC2(Cc3cccc(C)c3)C(=O)NC(=O)NC2=O)c1. The van der Waals surface area contributed by atoms with Crippen LogP contribution in [0.15, 0.2) is 48.5 Å². The van der Waals surface area contributed by atoms with Gasteiger partial charge in [0.1, 0.15) is 5.41 Å². The molecule has 3 rings (SSSR count). The van der Waals surface area contributed by atoms with E-state index in [1.807, 2.05) is 62.4 Å². The van der Waals surface area contributed by atoms with Gasteiger partial charge in [-0.1, -0.05) is 59.7 Å². The number of carbonyl (C=O) groups is 3. The van der Waals surface area contributed by atoms with Crippen LogP contribution in [0, 0.1) is 19.3 Å². The van der Waals surface area contributed by atoms with Gasteiger partial charge in [-0.05, 0) is 37.8 Å².